The Morgan fingerprint density at radius 3 is 2.41 bits per heavy atom. The minimum absolute atomic E-state index is 0.00582. The van der Waals surface area contributed by atoms with Crippen LogP contribution in [0.25, 0.3) is 0 Å². The summed E-state index contributed by atoms with van der Waals surface area (Å²) in [6.07, 6.45) is -2.19. The summed E-state index contributed by atoms with van der Waals surface area (Å²) in [5.74, 6) is -2.74. The first-order chi connectivity index (χ1) is 23.4. The van der Waals surface area contributed by atoms with Gasteiger partial charge in [-0.3, -0.25) is 28.9 Å². The Hall–Kier alpha value is -4.11. The standard InChI is InChI=1S/C34H32F3N3O7S2/c35-34(36,37)20-6-3-4-7-21(20)38-22(41)15-47-17-11-9-16(10-12-17)24-25-18-14-19(28(25)48-30-29(24)49-33(46)39-30)27-26(18)31(44)40(32(27)45)13-5-1-2-8-23(42)43/h3-4,6-7,9-12,18-19,24-28H,1-2,5,8,13-15H2,(H,38,41)(H,39,46)(H,42,43)/t18?,19?,24-,25?,26?,27?,28?/m1/s1. The van der Waals surface area contributed by atoms with E-state index in [1.165, 1.54) is 23.1 Å². The van der Waals surface area contributed by atoms with Crippen molar-refractivity contribution in [1.29, 1.82) is 0 Å². The molecule has 3 aromatic rings. The minimum atomic E-state index is -4.63. The fourth-order valence-corrected chi connectivity index (χ4v) is 11.2. The van der Waals surface area contributed by atoms with Crippen molar-refractivity contribution < 1.29 is 42.2 Å². The maximum atomic E-state index is 13.7. The van der Waals surface area contributed by atoms with Gasteiger partial charge in [-0.2, -0.15) is 13.2 Å². The van der Waals surface area contributed by atoms with Crippen LogP contribution < -0.4 is 14.9 Å². The van der Waals surface area contributed by atoms with Gasteiger partial charge >= 0.3 is 17.0 Å². The number of rotatable bonds is 11. The van der Waals surface area contributed by atoms with Crippen molar-refractivity contribution in [3.05, 3.63) is 74.2 Å². The summed E-state index contributed by atoms with van der Waals surface area (Å²) in [7, 11) is 0. The number of alkyl halides is 3. The fourth-order valence-electron chi connectivity index (χ4n) is 8.34. The number of benzene rings is 2. The molecule has 1 aromatic heterocycles. The number of aromatic nitrogens is 1. The van der Waals surface area contributed by atoms with E-state index < -0.39 is 42.1 Å². The number of hydrogen-bond donors (Lipinski definition) is 3. The normalized spacial score (nSPS) is 26.8. The number of hydrogen-bond acceptors (Lipinski definition) is 8. The van der Waals surface area contributed by atoms with Crippen molar-refractivity contribution in [3.63, 3.8) is 0 Å². The number of ether oxygens (including phenoxy) is 1. The van der Waals surface area contributed by atoms with Crippen LogP contribution in [0, 0.1) is 29.6 Å². The predicted molar refractivity (Wildman–Crippen MR) is 173 cm³/mol. The van der Waals surface area contributed by atoms with E-state index in [4.69, 9.17) is 9.84 Å². The van der Waals surface area contributed by atoms with E-state index >= 15 is 0 Å². The smallest absolute Gasteiger partial charge is 0.418 e. The molecule has 2 aliphatic heterocycles. The molecule has 2 aromatic carbocycles. The average molecular weight is 716 g/mol. The fraction of sp³-hybridized carbons (Fsp3) is 0.441. The average Bonchev–Trinajstić information content (AvgIpc) is 3.79. The number of carbonyl (C=O) groups is 4. The number of fused-ring (bicyclic) bond motifs is 9. The Morgan fingerprint density at radius 1 is 0.980 bits per heavy atom. The number of imide groups is 1. The van der Waals surface area contributed by atoms with Gasteiger partial charge in [0.05, 0.1) is 28.1 Å². The molecule has 0 radical (unpaired) electrons. The number of nitrogens with one attached hydrogen (secondary N) is 2. The number of aromatic amines is 1. The topological polar surface area (TPSA) is 146 Å². The summed E-state index contributed by atoms with van der Waals surface area (Å²) in [4.78, 5) is 68.2. The number of thiazole rings is 1. The van der Waals surface area contributed by atoms with Crippen LogP contribution in [0.1, 0.15) is 54.0 Å². The number of anilines is 1. The molecule has 15 heteroatoms. The molecular weight excluding hydrogens is 684 g/mol. The zero-order chi connectivity index (χ0) is 34.6. The number of nitrogens with zero attached hydrogens (tertiary/aromatic N) is 1. The Labute approximate surface area is 286 Å². The van der Waals surface area contributed by atoms with Crippen molar-refractivity contribution >= 4 is 52.5 Å². The van der Waals surface area contributed by atoms with Crippen LogP contribution in [0.15, 0.2) is 58.4 Å². The van der Waals surface area contributed by atoms with Crippen LogP contribution >= 0.6 is 23.1 Å². The molecule has 0 spiro atoms. The molecular formula is C34H32F3N3O7S2. The van der Waals surface area contributed by atoms with Gasteiger partial charge in [-0.1, -0.05) is 42.0 Å². The van der Waals surface area contributed by atoms with E-state index in [0.29, 0.717) is 25.0 Å². The number of para-hydroxylation sites is 1. The molecule has 258 valence electrons. The van der Waals surface area contributed by atoms with Gasteiger partial charge in [0.2, 0.25) is 11.8 Å². The lowest BCUT2D eigenvalue weighted by Crippen LogP contribution is -2.42. The van der Waals surface area contributed by atoms with E-state index in [-0.39, 0.29) is 64.3 Å². The molecule has 2 aliphatic carbocycles. The Balaban J connectivity index is 1.06. The molecule has 1 saturated heterocycles. The van der Waals surface area contributed by atoms with Crippen molar-refractivity contribution in [3.8, 4) is 5.75 Å². The van der Waals surface area contributed by atoms with Crippen LogP contribution in [0.4, 0.5) is 18.9 Å². The molecule has 7 atom stereocenters. The van der Waals surface area contributed by atoms with E-state index in [2.05, 4.69) is 10.3 Å². The molecule has 10 nitrogen and oxygen atoms in total. The third-order valence-corrected chi connectivity index (χ3v) is 12.8. The zero-order valence-electron chi connectivity index (χ0n) is 25.9. The predicted octanol–water partition coefficient (Wildman–Crippen LogP) is 5.59. The first-order valence-corrected chi connectivity index (χ1v) is 17.8. The maximum absolute atomic E-state index is 13.7. The lowest BCUT2D eigenvalue weighted by atomic mass is 9.68. The van der Waals surface area contributed by atoms with E-state index in [1.807, 2.05) is 12.1 Å². The summed E-state index contributed by atoms with van der Waals surface area (Å²) in [5, 5.41) is 11.9. The highest BCUT2D eigenvalue weighted by Gasteiger charge is 2.69. The second-order valence-corrected chi connectivity index (χ2v) is 15.1. The van der Waals surface area contributed by atoms with Gasteiger partial charge < -0.3 is 20.1 Å². The van der Waals surface area contributed by atoms with Crippen molar-refractivity contribution in [2.45, 2.75) is 54.5 Å². The molecule has 3 N–H and O–H groups in total. The number of aliphatic carboxylic acids is 1. The molecule has 3 heterocycles. The van der Waals surface area contributed by atoms with E-state index in [9.17, 15) is 37.1 Å². The number of unbranched alkanes of at least 4 members (excludes halogenated alkanes) is 2. The van der Waals surface area contributed by atoms with Crippen molar-refractivity contribution in [2.24, 2.45) is 29.6 Å². The first kappa shape index (κ1) is 33.4. The van der Waals surface area contributed by atoms with Crippen LogP contribution in [-0.4, -0.2) is 57.1 Å². The Bertz CT molecular complexity index is 1860. The van der Waals surface area contributed by atoms with E-state index in [1.54, 1.807) is 23.9 Å². The van der Waals surface area contributed by atoms with Gasteiger partial charge in [0.1, 0.15) is 5.75 Å². The maximum Gasteiger partial charge on any atom is 0.418 e. The van der Waals surface area contributed by atoms with Crippen LogP contribution in [0.5, 0.6) is 5.75 Å². The SMILES string of the molecule is O=C(O)CCCCCN1C(=O)C2C3CC(C2C1=O)C1C3Sc2[nH]c(=O)sc2[C@@H]1c1ccc(OCC(=O)Nc2ccccc2C(F)(F)F)cc1. The first-order valence-electron chi connectivity index (χ1n) is 16.1. The monoisotopic (exact) mass is 715 g/mol. The molecule has 49 heavy (non-hydrogen) atoms. The number of thioether (sulfide) groups is 1. The van der Waals surface area contributed by atoms with Crippen LogP contribution in [0.3, 0.4) is 0 Å². The molecule has 3 amide bonds. The van der Waals surface area contributed by atoms with Crippen LogP contribution in [0.2, 0.25) is 0 Å². The summed E-state index contributed by atoms with van der Waals surface area (Å²) >= 11 is 2.72. The van der Waals surface area contributed by atoms with Gasteiger partial charge in [-0.25, -0.2) is 0 Å². The largest absolute Gasteiger partial charge is 0.484 e. The summed E-state index contributed by atoms with van der Waals surface area (Å²) in [6.45, 7) is -0.233. The van der Waals surface area contributed by atoms with Gasteiger partial charge in [0, 0.05) is 29.0 Å². The number of amides is 3. The third-order valence-electron chi connectivity index (χ3n) is 10.2. The van der Waals surface area contributed by atoms with E-state index in [0.717, 1.165) is 39.3 Å². The lowest BCUT2D eigenvalue weighted by Gasteiger charge is -2.43. The van der Waals surface area contributed by atoms with Crippen molar-refractivity contribution in [1.82, 2.24) is 9.88 Å². The number of likely N-dealkylation sites (tertiary alicyclic amines) is 1. The van der Waals surface area contributed by atoms with Gasteiger partial charge in [0.15, 0.2) is 6.61 Å². The number of carbonyl (C=O) groups excluding carboxylic acids is 3. The van der Waals surface area contributed by atoms with Gasteiger partial charge in [0.25, 0.3) is 5.91 Å². The van der Waals surface area contributed by atoms with Crippen molar-refractivity contribution in [2.75, 3.05) is 18.5 Å². The number of halogens is 3. The lowest BCUT2D eigenvalue weighted by molar-refractivity contribution is -0.141. The molecule has 2 bridgehead atoms. The number of H-pyrrole nitrogens is 1. The molecule has 2 saturated carbocycles. The minimum Gasteiger partial charge on any atom is -0.484 e. The summed E-state index contributed by atoms with van der Waals surface area (Å²) in [6, 6.07) is 11.7. The second kappa shape index (κ2) is 13.0. The molecule has 3 fully saturated rings. The third kappa shape index (κ3) is 6.15. The molecule has 4 aliphatic rings. The second-order valence-electron chi connectivity index (χ2n) is 12.9. The highest BCUT2D eigenvalue weighted by Crippen LogP contribution is 2.68. The Kier molecular flexibility index (Phi) is 8.84. The van der Waals surface area contributed by atoms with Gasteiger partial charge in [-0.05, 0) is 66.8 Å². The molecule has 7 rings (SSSR count). The number of carboxylic acid groups (broad SMARTS) is 1. The highest BCUT2D eigenvalue weighted by atomic mass is 32.2. The highest BCUT2D eigenvalue weighted by molar-refractivity contribution is 8.00. The summed E-state index contributed by atoms with van der Waals surface area (Å²) in [5.41, 5.74) is -0.433. The van der Waals surface area contributed by atoms with Crippen LogP contribution in [-0.2, 0) is 25.4 Å². The zero-order valence-corrected chi connectivity index (χ0v) is 27.5. The Morgan fingerprint density at radius 2 is 1.69 bits per heavy atom. The summed E-state index contributed by atoms with van der Waals surface area (Å²) < 4.78 is 45.6. The number of carboxylic acids is 1. The van der Waals surface area contributed by atoms with Gasteiger partial charge in [-0.15, -0.1) is 11.8 Å². The molecule has 6 unspecified atom stereocenters. The quantitative estimate of drug-likeness (QED) is 0.172.